The van der Waals surface area contributed by atoms with Crippen molar-refractivity contribution in [3.63, 3.8) is 0 Å². The molecule has 2 aromatic rings. The summed E-state index contributed by atoms with van der Waals surface area (Å²) in [5, 5.41) is 5.88. The van der Waals surface area contributed by atoms with Crippen LogP contribution in [0.5, 0.6) is 5.75 Å². The molecule has 112 valence electrons. The Labute approximate surface area is 131 Å². The van der Waals surface area contributed by atoms with Gasteiger partial charge in [-0.05, 0) is 48.3 Å². The van der Waals surface area contributed by atoms with Crippen LogP contribution < -0.4 is 10.1 Å². The zero-order chi connectivity index (χ0) is 14.7. The summed E-state index contributed by atoms with van der Waals surface area (Å²) in [6.07, 6.45) is 2.65. The molecule has 1 saturated carbocycles. The van der Waals surface area contributed by atoms with Crippen molar-refractivity contribution < 1.29 is 4.74 Å². The van der Waals surface area contributed by atoms with Crippen LogP contribution >= 0.6 is 11.3 Å². The number of rotatable bonds is 7. The van der Waals surface area contributed by atoms with Crippen molar-refractivity contribution in [2.75, 3.05) is 11.9 Å². The highest BCUT2D eigenvalue weighted by Crippen LogP contribution is 2.45. The minimum Gasteiger partial charge on any atom is -0.491 e. The highest BCUT2D eigenvalue weighted by Gasteiger charge is 2.33. The van der Waals surface area contributed by atoms with Gasteiger partial charge in [0.1, 0.15) is 5.75 Å². The molecule has 0 saturated heterocycles. The maximum Gasteiger partial charge on any atom is 0.142 e. The number of ether oxygens (including phenoxy) is 1. The van der Waals surface area contributed by atoms with E-state index >= 15 is 0 Å². The Balaban J connectivity index is 1.76. The van der Waals surface area contributed by atoms with E-state index < -0.39 is 0 Å². The van der Waals surface area contributed by atoms with Crippen molar-refractivity contribution in [2.24, 2.45) is 11.8 Å². The van der Waals surface area contributed by atoms with Crippen LogP contribution in [-0.2, 0) is 0 Å². The summed E-state index contributed by atoms with van der Waals surface area (Å²) in [5.74, 6) is 2.27. The Hall–Kier alpha value is -1.48. The van der Waals surface area contributed by atoms with Crippen molar-refractivity contribution in [1.82, 2.24) is 0 Å². The highest BCUT2D eigenvalue weighted by molar-refractivity contribution is 7.10. The van der Waals surface area contributed by atoms with Crippen molar-refractivity contribution >= 4 is 17.0 Å². The van der Waals surface area contributed by atoms with Crippen LogP contribution in [0, 0.1) is 11.8 Å². The highest BCUT2D eigenvalue weighted by atomic mass is 32.1. The number of para-hydroxylation sites is 2. The van der Waals surface area contributed by atoms with E-state index in [4.69, 9.17) is 4.74 Å². The summed E-state index contributed by atoms with van der Waals surface area (Å²) in [7, 11) is 0. The molecule has 2 nitrogen and oxygen atoms in total. The Kier molecular flexibility index (Phi) is 4.49. The SMILES string of the molecule is CC(C)COc1ccccc1NC(c1cccs1)C1CC1. The summed E-state index contributed by atoms with van der Waals surface area (Å²) >= 11 is 1.84. The lowest BCUT2D eigenvalue weighted by molar-refractivity contribution is 0.272. The predicted molar refractivity (Wildman–Crippen MR) is 90.2 cm³/mol. The molecule has 1 atom stereocenters. The number of hydrogen-bond donors (Lipinski definition) is 1. The van der Waals surface area contributed by atoms with E-state index in [1.165, 1.54) is 17.7 Å². The molecule has 1 aliphatic carbocycles. The second kappa shape index (κ2) is 6.52. The first kappa shape index (κ1) is 14.5. The Morgan fingerprint density at radius 3 is 2.67 bits per heavy atom. The maximum atomic E-state index is 5.96. The summed E-state index contributed by atoms with van der Waals surface area (Å²) in [4.78, 5) is 1.43. The molecule has 1 fully saturated rings. The zero-order valence-electron chi connectivity index (χ0n) is 12.7. The third-order valence-corrected chi connectivity index (χ3v) is 4.67. The van der Waals surface area contributed by atoms with E-state index in [0.717, 1.165) is 24.0 Å². The standard InChI is InChI=1S/C18H23NOS/c1-13(2)12-20-16-7-4-3-6-15(16)19-18(14-9-10-14)17-8-5-11-21-17/h3-8,11,13-14,18-19H,9-10,12H2,1-2H3. The fourth-order valence-electron chi connectivity index (χ4n) is 2.45. The lowest BCUT2D eigenvalue weighted by atomic mass is 10.1. The monoisotopic (exact) mass is 301 g/mol. The average Bonchev–Trinajstić information content (AvgIpc) is 3.17. The van der Waals surface area contributed by atoms with Crippen LogP contribution in [-0.4, -0.2) is 6.61 Å². The van der Waals surface area contributed by atoms with Crippen LogP contribution in [0.4, 0.5) is 5.69 Å². The Morgan fingerprint density at radius 2 is 2.00 bits per heavy atom. The van der Waals surface area contributed by atoms with Gasteiger partial charge in [0.15, 0.2) is 0 Å². The van der Waals surface area contributed by atoms with E-state index in [0.29, 0.717) is 12.0 Å². The fraction of sp³-hybridized carbons (Fsp3) is 0.444. The first-order valence-corrected chi connectivity index (χ1v) is 8.64. The lowest BCUT2D eigenvalue weighted by Crippen LogP contribution is -2.13. The molecule has 1 unspecified atom stereocenters. The number of anilines is 1. The lowest BCUT2D eigenvalue weighted by Gasteiger charge is -2.21. The van der Waals surface area contributed by atoms with E-state index in [2.05, 4.69) is 54.9 Å². The van der Waals surface area contributed by atoms with Gasteiger partial charge in [-0.3, -0.25) is 0 Å². The van der Waals surface area contributed by atoms with Crippen molar-refractivity contribution in [3.05, 3.63) is 46.7 Å². The first-order valence-electron chi connectivity index (χ1n) is 7.76. The minimum atomic E-state index is 0.425. The zero-order valence-corrected chi connectivity index (χ0v) is 13.5. The van der Waals surface area contributed by atoms with Crippen LogP contribution in [0.1, 0.15) is 37.6 Å². The molecule has 1 aromatic carbocycles. The molecule has 0 radical (unpaired) electrons. The van der Waals surface area contributed by atoms with E-state index in [1.807, 2.05) is 17.4 Å². The van der Waals surface area contributed by atoms with Gasteiger partial charge in [-0.25, -0.2) is 0 Å². The van der Waals surface area contributed by atoms with Gasteiger partial charge in [-0.15, -0.1) is 11.3 Å². The Bertz CT molecular complexity index is 560. The van der Waals surface area contributed by atoms with Gasteiger partial charge in [0.25, 0.3) is 0 Å². The van der Waals surface area contributed by atoms with Crippen LogP contribution in [0.15, 0.2) is 41.8 Å². The van der Waals surface area contributed by atoms with Crippen molar-refractivity contribution in [2.45, 2.75) is 32.7 Å². The van der Waals surface area contributed by atoms with Gasteiger partial charge < -0.3 is 10.1 Å². The normalized spacial score (nSPS) is 16.0. The number of hydrogen-bond acceptors (Lipinski definition) is 3. The third kappa shape index (κ3) is 3.79. The summed E-state index contributed by atoms with van der Waals surface area (Å²) < 4.78 is 5.96. The number of benzene rings is 1. The van der Waals surface area contributed by atoms with Gasteiger partial charge in [-0.1, -0.05) is 32.0 Å². The predicted octanol–water partition coefficient (Wildman–Crippen LogP) is 5.35. The average molecular weight is 301 g/mol. The molecule has 21 heavy (non-hydrogen) atoms. The van der Waals surface area contributed by atoms with Crippen LogP contribution in [0.2, 0.25) is 0 Å². The molecule has 0 bridgehead atoms. The molecular formula is C18H23NOS. The molecule has 3 rings (SSSR count). The second-order valence-corrected chi connectivity index (χ2v) is 7.16. The molecule has 0 aliphatic heterocycles. The molecule has 3 heteroatoms. The molecule has 0 amide bonds. The second-order valence-electron chi connectivity index (χ2n) is 6.18. The largest absolute Gasteiger partial charge is 0.491 e. The smallest absolute Gasteiger partial charge is 0.142 e. The molecule has 1 N–H and O–H groups in total. The van der Waals surface area contributed by atoms with Crippen LogP contribution in [0.25, 0.3) is 0 Å². The maximum absolute atomic E-state index is 5.96. The third-order valence-electron chi connectivity index (χ3n) is 3.71. The summed E-state index contributed by atoms with van der Waals surface area (Å²) in [6, 6.07) is 13.1. The molecular weight excluding hydrogens is 278 g/mol. The molecule has 1 aromatic heterocycles. The van der Waals surface area contributed by atoms with E-state index in [1.54, 1.807) is 0 Å². The first-order chi connectivity index (χ1) is 10.2. The van der Waals surface area contributed by atoms with Gasteiger partial charge in [0.2, 0.25) is 0 Å². The van der Waals surface area contributed by atoms with Gasteiger partial charge in [-0.2, -0.15) is 0 Å². The quantitative estimate of drug-likeness (QED) is 0.744. The topological polar surface area (TPSA) is 21.3 Å². The Morgan fingerprint density at radius 1 is 1.19 bits per heavy atom. The molecule has 1 heterocycles. The van der Waals surface area contributed by atoms with Crippen LogP contribution in [0.3, 0.4) is 0 Å². The number of thiophene rings is 1. The van der Waals surface area contributed by atoms with Gasteiger partial charge in [0.05, 0.1) is 18.3 Å². The minimum absolute atomic E-state index is 0.425. The summed E-state index contributed by atoms with van der Waals surface area (Å²) in [5.41, 5.74) is 1.11. The molecule has 1 aliphatic rings. The van der Waals surface area contributed by atoms with E-state index in [9.17, 15) is 0 Å². The number of nitrogens with one attached hydrogen (secondary N) is 1. The fourth-order valence-corrected chi connectivity index (χ4v) is 3.32. The van der Waals surface area contributed by atoms with E-state index in [-0.39, 0.29) is 0 Å². The van der Waals surface area contributed by atoms with Gasteiger partial charge >= 0.3 is 0 Å². The van der Waals surface area contributed by atoms with Crippen molar-refractivity contribution in [1.29, 1.82) is 0 Å². The summed E-state index contributed by atoms with van der Waals surface area (Å²) in [6.45, 7) is 5.11. The van der Waals surface area contributed by atoms with Gasteiger partial charge in [0, 0.05) is 4.88 Å². The van der Waals surface area contributed by atoms with Crippen molar-refractivity contribution in [3.8, 4) is 5.75 Å². The molecule has 0 spiro atoms.